The summed E-state index contributed by atoms with van der Waals surface area (Å²) in [5, 5.41) is 11.3. The van der Waals surface area contributed by atoms with Gasteiger partial charge in [-0.15, -0.1) is 0 Å². The third-order valence-electron chi connectivity index (χ3n) is 7.25. The van der Waals surface area contributed by atoms with Crippen molar-refractivity contribution in [2.45, 2.75) is 97.4 Å². The van der Waals surface area contributed by atoms with Crippen LogP contribution in [0.4, 0.5) is 0 Å². The number of hydrogen-bond donors (Lipinski definition) is 1. The molecule has 2 atom stereocenters. The second kappa shape index (κ2) is 12.9. The van der Waals surface area contributed by atoms with Gasteiger partial charge in [-0.2, -0.15) is 0 Å². The van der Waals surface area contributed by atoms with Crippen LogP contribution >= 0.6 is 8.58 Å². The standard InChI is InChI=1S/C33H45O2P/c1-7-9-15-20-33(8-2,36-30-19-14-13-18-27(30)23-34)29-22-28(32(4,5)6)21-25(3)31(29)35-24-26-16-11-10-12-17-26/h10-14,16-19,21-22,34,36H,7-9,15,20,23-24H2,1-6H3. The fraction of sp³-hybridized carbons (Fsp3) is 0.455. The number of ether oxygens (including phenoxy) is 1. The molecule has 0 spiro atoms. The van der Waals surface area contributed by atoms with E-state index in [2.05, 4.69) is 96.1 Å². The van der Waals surface area contributed by atoms with Crippen LogP contribution < -0.4 is 10.0 Å². The van der Waals surface area contributed by atoms with Gasteiger partial charge in [0.25, 0.3) is 0 Å². The topological polar surface area (TPSA) is 29.5 Å². The van der Waals surface area contributed by atoms with Crippen molar-refractivity contribution in [3.05, 3.63) is 94.5 Å². The van der Waals surface area contributed by atoms with Crippen molar-refractivity contribution in [3.8, 4) is 5.75 Å². The van der Waals surface area contributed by atoms with Gasteiger partial charge in [0, 0.05) is 10.7 Å². The number of unbranched alkanes of at least 4 members (excludes halogenated alkanes) is 2. The predicted octanol–water partition coefficient (Wildman–Crippen LogP) is 8.55. The Morgan fingerprint density at radius 2 is 1.58 bits per heavy atom. The molecule has 3 rings (SSSR count). The Hall–Kier alpha value is -2.15. The first-order valence-electron chi connectivity index (χ1n) is 13.5. The molecule has 0 aromatic heterocycles. The molecule has 36 heavy (non-hydrogen) atoms. The zero-order valence-electron chi connectivity index (χ0n) is 23.2. The van der Waals surface area contributed by atoms with E-state index in [1.165, 1.54) is 46.8 Å². The van der Waals surface area contributed by atoms with Crippen molar-refractivity contribution in [3.63, 3.8) is 0 Å². The van der Waals surface area contributed by atoms with Crippen LogP contribution in [0.1, 0.15) is 94.5 Å². The van der Waals surface area contributed by atoms with Crippen LogP contribution in [0.15, 0.2) is 66.7 Å². The van der Waals surface area contributed by atoms with E-state index in [0.29, 0.717) is 15.2 Å². The van der Waals surface area contributed by atoms with E-state index < -0.39 is 0 Å². The number of benzene rings is 3. The van der Waals surface area contributed by atoms with Gasteiger partial charge in [0.15, 0.2) is 0 Å². The molecule has 0 amide bonds. The van der Waals surface area contributed by atoms with Gasteiger partial charge in [0.1, 0.15) is 12.4 Å². The smallest absolute Gasteiger partial charge is 0.126 e. The maximum absolute atomic E-state index is 10.1. The van der Waals surface area contributed by atoms with Crippen LogP contribution in [-0.2, 0) is 23.8 Å². The first kappa shape index (κ1) is 28.4. The average Bonchev–Trinajstić information content (AvgIpc) is 2.87. The fourth-order valence-corrected chi connectivity index (χ4v) is 6.74. The van der Waals surface area contributed by atoms with Crippen LogP contribution in [0, 0.1) is 6.92 Å². The van der Waals surface area contributed by atoms with E-state index in [9.17, 15) is 5.11 Å². The molecule has 2 unspecified atom stereocenters. The first-order valence-corrected chi connectivity index (χ1v) is 14.5. The van der Waals surface area contributed by atoms with Crippen molar-refractivity contribution in [1.82, 2.24) is 0 Å². The Labute approximate surface area is 221 Å². The Bertz CT molecular complexity index is 1100. The number of hydrogen-bond acceptors (Lipinski definition) is 2. The minimum absolute atomic E-state index is 0.0432. The third-order valence-corrected chi connectivity index (χ3v) is 9.36. The quantitative estimate of drug-likeness (QED) is 0.198. The van der Waals surface area contributed by atoms with E-state index in [1.54, 1.807) is 0 Å². The maximum atomic E-state index is 10.1. The highest BCUT2D eigenvalue weighted by molar-refractivity contribution is 7.48. The van der Waals surface area contributed by atoms with Gasteiger partial charge in [-0.05, 0) is 52.7 Å². The minimum Gasteiger partial charge on any atom is -0.488 e. The van der Waals surface area contributed by atoms with Crippen molar-refractivity contribution >= 4 is 13.9 Å². The van der Waals surface area contributed by atoms with Gasteiger partial charge in [-0.25, -0.2) is 0 Å². The lowest BCUT2D eigenvalue weighted by Crippen LogP contribution is -2.26. The summed E-state index contributed by atoms with van der Waals surface area (Å²) in [4.78, 5) is 0. The monoisotopic (exact) mass is 504 g/mol. The van der Waals surface area contributed by atoms with Gasteiger partial charge >= 0.3 is 0 Å². The minimum atomic E-state index is -0.0432. The summed E-state index contributed by atoms with van der Waals surface area (Å²) in [5.74, 6) is 1.04. The van der Waals surface area contributed by atoms with E-state index >= 15 is 0 Å². The lowest BCUT2D eigenvalue weighted by atomic mass is 9.80. The van der Waals surface area contributed by atoms with E-state index in [4.69, 9.17) is 4.74 Å². The third kappa shape index (κ3) is 6.99. The lowest BCUT2D eigenvalue weighted by molar-refractivity contribution is 0.283. The summed E-state index contributed by atoms with van der Waals surface area (Å²) >= 11 is 0. The molecule has 3 aromatic carbocycles. The maximum Gasteiger partial charge on any atom is 0.126 e. The van der Waals surface area contributed by atoms with Gasteiger partial charge in [0.2, 0.25) is 0 Å². The Morgan fingerprint density at radius 1 is 0.889 bits per heavy atom. The fourth-order valence-electron chi connectivity index (χ4n) is 4.92. The largest absolute Gasteiger partial charge is 0.488 e. The molecule has 0 saturated carbocycles. The van der Waals surface area contributed by atoms with Gasteiger partial charge in [0.05, 0.1) is 6.61 Å². The summed E-state index contributed by atoms with van der Waals surface area (Å²) in [7, 11) is 0.564. The summed E-state index contributed by atoms with van der Waals surface area (Å²) in [6.07, 6.45) is 5.77. The molecular formula is C33H45O2P. The highest BCUT2D eigenvalue weighted by Gasteiger charge is 2.36. The summed E-state index contributed by atoms with van der Waals surface area (Å²) in [6, 6.07) is 23.6. The van der Waals surface area contributed by atoms with Crippen molar-refractivity contribution in [2.75, 3.05) is 0 Å². The first-order chi connectivity index (χ1) is 17.2. The number of rotatable bonds is 12. The SMILES string of the molecule is CCCCCC(CC)(Pc1ccccc1CO)c1cc(C(C)(C)C)cc(C)c1OCc1ccccc1. The molecule has 0 aliphatic rings. The molecule has 194 valence electrons. The zero-order valence-corrected chi connectivity index (χ0v) is 24.2. The van der Waals surface area contributed by atoms with Crippen LogP contribution in [0.2, 0.25) is 0 Å². The van der Waals surface area contributed by atoms with E-state index in [1.807, 2.05) is 12.1 Å². The van der Waals surface area contributed by atoms with Crippen molar-refractivity contribution in [2.24, 2.45) is 0 Å². The van der Waals surface area contributed by atoms with Crippen LogP contribution in [0.25, 0.3) is 0 Å². The molecule has 0 aliphatic heterocycles. The average molecular weight is 505 g/mol. The van der Waals surface area contributed by atoms with Gasteiger partial charge in [-0.3, -0.25) is 0 Å². The molecule has 0 radical (unpaired) electrons. The molecule has 0 bridgehead atoms. The molecule has 0 fully saturated rings. The van der Waals surface area contributed by atoms with Crippen molar-refractivity contribution in [1.29, 1.82) is 0 Å². The van der Waals surface area contributed by atoms with Gasteiger partial charge in [-0.1, -0.05) is 129 Å². The Balaban J connectivity index is 2.18. The molecule has 0 heterocycles. The van der Waals surface area contributed by atoms with Gasteiger partial charge < -0.3 is 9.84 Å². The summed E-state index contributed by atoms with van der Waals surface area (Å²) in [6.45, 7) is 14.3. The molecule has 2 nitrogen and oxygen atoms in total. The summed E-state index contributed by atoms with van der Waals surface area (Å²) < 4.78 is 6.69. The molecule has 0 aliphatic carbocycles. The number of aliphatic hydroxyl groups excluding tert-OH is 1. The molecule has 0 saturated heterocycles. The normalized spacial score (nSPS) is 13.8. The second-order valence-corrected chi connectivity index (χ2v) is 12.8. The Kier molecular flexibility index (Phi) is 10.2. The molecular weight excluding hydrogens is 459 g/mol. The molecule has 3 heteroatoms. The Morgan fingerprint density at radius 3 is 2.22 bits per heavy atom. The number of aryl methyl sites for hydroxylation is 1. The summed E-state index contributed by atoms with van der Waals surface area (Å²) in [5.41, 5.74) is 6.18. The molecule has 1 N–H and O–H groups in total. The van der Waals surface area contributed by atoms with Crippen LogP contribution in [-0.4, -0.2) is 5.11 Å². The lowest BCUT2D eigenvalue weighted by Gasteiger charge is -2.37. The number of aliphatic hydroxyl groups is 1. The van der Waals surface area contributed by atoms with E-state index in [0.717, 1.165) is 24.2 Å². The highest BCUT2D eigenvalue weighted by Crippen LogP contribution is 2.53. The van der Waals surface area contributed by atoms with Crippen molar-refractivity contribution < 1.29 is 9.84 Å². The zero-order chi connectivity index (χ0) is 26.2. The highest BCUT2D eigenvalue weighted by atomic mass is 31.1. The predicted molar refractivity (Wildman–Crippen MR) is 157 cm³/mol. The van der Waals surface area contributed by atoms with E-state index in [-0.39, 0.29) is 17.2 Å². The van der Waals surface area contributed by atoms with Crippen LogP contribution in [0.3, 0.4) is 0 Å². The second-order valence-electron chi connectivity index (χ2n) is 11.0. The molecule has 3 aromatic rings. The van der Waals surface area contributed by atoms with Crippen LogP contribution in [0.5, 0.6) is 5.75 Å².